The summed E-state index contributed by atoms with van der Waals surface area (Å²) in [6.45, 7) is 0. The molecule has 2 N–H and O–H groups in total. The van der Waals surface area contributed by atoms with Crippen molar-refractivity contribution < 1.29 is 9.46 Å². The number of para-hydroxylation sites is 3. The summed E-state index contributed by atoms with van der Waals surface area (Å²) in [5.41, 5.74) is 1.89. The third-order valence-electron chi connectivity index (χ3n) is 3.32. The molecule has 0 radical (unpaired) electrons. The van der Waals surface area contributed by atoms with Crippen molar-refractivity contribution in [1.29, 1.82) is 0 Å². The van der Waals surface area contributed by atoms with E-state index < -0.39 is 7.67 Å². The second-order valence-electron chi connectivity index (χ2n) is 5.00. The molecule has 0 amide bonds. The van der Waals surface area contributed by atoms with Crippen LogP contribution < -0.4 is 9.76 Å². The molecule has 0 aromatic heterocycles. The first kappa shape index (κ1) is 15.3. The van der Waals surface area contributed by atoms with Gasteiger partial charge in [0.2, 0.25) is 0 Å². The van der Waals surface area contributed by atoms with E-state index in [2.05, 4.69) is 5.09 Å². The molecular formula is C18H17N2O2P. The average Bonchev–Trinajstić information content (AvgIpc) is 2.57. The van der Waals surface area contributed by atoms with Crippen molar-refractivity contribution in [3.63, 3.8) is 0 Å². The fourth-order valence-corrected chi connectivity index (χ4v) is 3.81. The smallest absolute Gasteiger partial charge is 0.313 e. The van der Waals surface area contributed by atoms with Gasteiger partial charge in [0.05, 0.1) is 11.4 Å². The van der Waals surface area contributed by atoms with Gasteiger partial charge >= 0.3 is 7.67 Å². The zero-order chi connectivity index (χ0) is 16.1. The van der Waals surface area contributed by atoms with Gasteiger partial charge in [-0.05, 0) is 36.4 Å². The lowest BCUT2D eigenvalue weighted by Gasteiger charge is -2.30. The molecule has 3 aromatic rings. The summed E-state index contributed by atoms with van der Waals surface area (Å²) in [6.07, 6.45) is 0. The first-order valence-corrected chi connectivity index (χ1v) is 8.85. The summed E-state index contributed by atoms with van der Waals surface area (Å²) in [4.78, 5) is 10.7. The Hall–Kier alpha value is -2.55. The van der Waals surface area contributed by atoms with E-state index in [1.54, 1.807) is 12.1 Å². The fraction of sp³-hybridized carbons (Fsp3) is 0. The first-order valence-electron chi connectivity index (χ1n) is 7.24. The summed E-state index contributed by atoms with van der Waals surface area (Å²) in [6, 6.07) is 27.4. The highest BCUT2D eigenvalue weighted by Crippen LogP contribution is 2.52. The van der Waals surface area contributed by atoms with E-state index in [1.807, 2.05) is 78.9 Å². The Morgan fingerprint density at radius 1 is 0.696 bits per heavy atom. The van der Waals surface area contributed by atoms with E-state index in [0.717, 1.165) is 0 Å². The van der Waals surface area contributed by atoms with E-state index in [0.29, 0.717) is 17.1 Å². The number of hydrogen-bond donors (Lipinski definition) is 2. The molecule has 0 aliphatic rings. The Kier molecular flexibility index (Phi) is 4.47. The lowest BCUT2D eigenvalue weighted by molar-refractivity contribution is 0.484. The number of benzene rings is 3. The van der Waals surface area contributed by atoms with Crippen LogP contribution in [0.2, 0.25) is 0 Å². The Bertz CT molecular complexity index is 756. The van der Waals surface area contributed by atoms with Gasteiger partial charge in [-0.1, -0.05) is 54.6 Å². The van der Waals surface area contributed by atoms with Crippen LogP contribution in [0, 0.1) is 0 Å². The van der Waals surface area contributed by atoms with E-state index >= 15 is 0 Å². The van der Waals surface area contributed by atoms with Crippen LogP contribution in [-0.2, 0) is 4.57 Å². The average molecular weight is 324 g/mol. The van der Waals surface area contributed by atoms with Crippen molar-refractivity contribution in [1.82, 2.24) is 0 Å². The molecule has 0 aliphatic carbocycles. The minimum Gasteiger partial charge on any atom is -0.313 e. The molecule has 0 spiro atoms. The molecule has 0 saturated heterocycles. The molecule has 23 heavy (non-hydrogen) atoms. The Balaban J connectivity index is 2.03. The molecule has 1 unspecified atom stereocenters. The van der Waals surface area contributed by atoms with Crippen molar-refractivity contribution >= 4 is 24.7 Å². The number of anilines is 3. The molecule has 116 valence electrons. The van der Waals surface area contributed by atoms with Crippen LogP contribution in [0.3, 0.4) is 0 Å². The van der Waals surface area contributed by atoms with Gasteiger partial charge in [0.25, 0.3) is 0 Å². The molecule has 0 saturated carbocycles. The van der Waals surface area contributed by atoms with Gasteiger partial charge in [0.1, 0.15) is 0 Å². The number of nitrogens with one attached hydrogen (secondary N) is 1. The lowest BCUT2D eigenvalue weighted by atomic mass is 10.3. The van der Waals surface area contributed by atoms with Gasteiger partial charge in [-0.15, -0.1) is 0 Å². The van der Waals surface area contributed by atoms with E-state index in [9.17, 15) is 9.46 Å². The molecule has 3 rings (SSSR count). The quantitative estimate of drug-likeness (QED) is 0.646. The highest BCUT2D eigenvalue weighted by atomic mass is 31.2. The van der Waals surface area contributed by atoms with Crippen molar-refractivity contribution in [2.24, 2.45) is 0 Å². The van der Waals surface area contributed by atoms with Gasteiger partial charge in [0, 0.05) is 5.69 Å². The maximum Gasteiger partial charge on any atom is 0.396 e. The Labute approximate surface area is 135 Å². The fourth-order valence-electron chi connectivity index (χ4n) is 2.33. The zero-order valence-corrected chi connectivity index (χ0v) is 13.3. The second kappa shape index (κ2) is 6.69. The van der Waals surface area contributed by atoms with Gasteiger partial charge in [0.15, 0.2) is 0 Å². The molecule has 0 bridgehead atoms. The third kappa shape index (κ3) is 3.62. The van der Waals surface area contributed by atoms with Crippen LogP contribution in [0.25, 0.3) is 0 Å². The summed E-state index contributed by atoms with van der Waals surface area (Å²) in [7, 11) is -3.89. The predicted octanol–water partition coefficient (Wildman–Crippen LogP) is 5.04. The van der Waals surface area contributed by atoms with Gasteiger partial charge in [-0.2, -0.15) is 0 Å². The monoisotopic (exact) mass is 324 g/mol. The maximum absolute atomic E-state index is 13.1. The van der Waals surface area contributed by atoms with E-state index in [1.165, 1.54) is 4.67 Å². The third-order valence-corrected chi connectivity index (χ3v) is 4.87. The SMILES string of the molecule is O=P(O)(Nc1ccccc1)N(c1ccccc1)c1ccccc1. The van der Waals surface area contributed by atoms with Gasteiger partial charge in [-0.3, -0.25) is 9.76 Å². The van der Waals surface area contributed by atoms with Gasteiger partial charge in [-0.25, -0.2) is 4.57 Å². The largest absolute Gasteiger partial charge is 0.396 e. The highest BCUT2D eigenvalue weighted by molar-refractivity contribution is 7.61. The zero-order valence-electron chi connectivity index (χ0n) is 12.4. The van der Waals surface area contributed by atoms with Crippen molar-refractivity contribution in [3.05, 3.63) is 91.0 Å². The van der Waals surface area contributed by atoms with Crippen molar-refractivity contribution in [2.75, 3.05) is 9.76 Å². The van der Waals surface area contributed by atoms with E-state index in [-0.39, 0.29) is 0 Å². The molecule has 0 fully saturated rings. The molecule has 5 heteroatoms. The summed E-state index contributed by atoms with van der Waals surface area (Å²) in [5, 5.41) is 2.75. The maximum atomic E-state index is 13.1. The van der Waals surface area contributed by atoms with E-state index in [4.69, 9.17) is 0 Å². The van der Waals surface area contributed by atoms with Gasteiger partial charge < -0.3 is 4.89 Å². The van der Waals surface area contributed by atoms with Crippen LogP contribution in [0.1, 0.15) is 0 Å². The van der Waals surface area contributed by atoms with Crippen LogP contribution in [-0.4, -0.2) is 4.89 Å². The standard InChI is InChI=1S/C18H17N2O2P/c21-23(22,19-16-10-4-1-5-11-16)20(17-12-6-2-7-13-17)18-14-8-3-9-15-18/h1-15H,(H2,19,21,22). The molecule has 0 heterocycles. The van der Waals surface area contributed by atoms with Crippen LogP contribution in [0.4, 0.5) is 17.1 Å². The Morgan fingerprint density at radius 3 is 1.52 bits per heavy atom. The lowest BCUT2D eigenvalue weighted by Crippen LogP contribution is -2.18. The minimum atomic E-state index is -3.89. The summed E-state index contributed by atoms with van der Waals surface area (Å²) >= 11 is 0. The summed E-state index contributed by atoms with van der Waals surface area (Å²) in [5.74, 6) is 0. The Morgan fingerprint density at radius 2 is 1.09 bits per heavy atom. The predicted molar refractivity (Wildman–Crippen MR) is 94.9 cm³/mol. The normalized spacial score (nSPS) is 13.1. The second-order valence-corrected chi connectivity index (χ2v) is 6.72. The number of rotatable bonds is 5. The number of hydrogen-bond acceptors (Lipinski definition) is 1. The topological polar surface area (TPSA) is 52.6 Å². The molecular weight excluding hydrogens is 307 g/mol. The first-order chi connectivity index (χ1) is 11.2. The minimum absolute atomic E-state index is 0.593. The molecule has 0 aliphatic heterocycles. The van der Waals surface area contributed by atoms with Crippen molar-refractivity contribution in [2.45, 2.75) is 0 Å². The molecule has 4 nitrogen and oxygen atoms in total. The summed E-state index contributed by atoms with van der Waals surface area (Å²) < 4.78 is 14.5. The van der Waals surface area contributed by atoms with Crippen molar-refractivity contribution in [3.8, 4) is 0 Å². The van der Waals surface area contributed by atoms with Crippen LogP contribution >= 0.6 is 7.67 Å². The van der Waals surface area contributed by atoms with Crippen LogP contribution in [0.5, 0.6) is 0 Å². The van der Waals surface area contributed by atoms with Crippen LogP contribution in [0.15, 0.2) is 91.0 Å². The molecule has 1 atom stereocenters. The number of nitrogens with zero attached hydrogens (tertiary/aromatic N) is 1. The molecule has 3 aromatic carbocycles. The highest BCUT2D eigenvalue weighted by Gasteiger charge is 2.30.